The standard InChI is InChI=1S/C14H20F2N2O2S/c15-12-8-11(17)9-13(14(12)16)21(19,20)18-7-3-6-10-4-1-2-5-10/h8-10,18H,1-7,17H2. The van der Waals surface area contributed by atoms with Crippen molar-refractivity contribution in [3.05, 3.63) is 23.8 Å². The highest BCUT2D eigenvalue weighted by molar-refractivity contribution is 7.89. The zero-order chi connectivity index (χ0) is 15.5. The number of rotatable bonds is 6. The zero-order valence-electron chi connectivity index (χ0n) is 11.7. The lowest BCUT2D eigenvalue weighted by atomic mass is 10.0. The topological polar surface area (TPSA) is 72.2 Å². The van der Waals surface area contributed by atoms with Gasteiger partial charge in [-0.3, -0.25) is 0 Å². The van der Waals surface area contributed by atoms with Crippen molar-refractivity contribution in [3.8, 4) is 0 Å². The Kier molecular flexibility index (Phi) is 5.16. The summed E-state index contributed by atoms with van der Waals surface area (Å²) in [5.74, 6) is -2.00. The molecule has 118 valence electrons. The molecular formula is C14H20F2N2O2S. The van der Waals surface area contributed by atoms with Crippen LogP contribution in [0.15, 0.2) is 17.0 Å². The van der Waals surface area contributed by atoms with Crippen LogP contribution < -0.4 is 10.5 Å². The molecule has 4 nitrogen and oxygen atoms in total. The molecule has 0 radical (unpaired) electrons. The van der Waals surface area contributed by atoms with E-state index in [9.17, 15) is 17.2 Å². The summed E-state index contributed by atoms with van der Waals surface area (Å²) in [6.07, 6.45) is 6.52. The fourth-order valence-electron chi connectivity index (χ4n) is 2.75. The Morgan fingerprint density at radius 3 is 2.57 bits per heavy atom. The van der Waals surface area contributed by atoms with Gasteiger partial charge in [-0.25, -0.2) is 21.9 Å². The van der Waals surface area contributed by atoms with E-state index in [0.29, 0.717) is 12.3 Å². The first-order chi connectivity index (χ1) is 9.90. The highest BCUT2D eigenvalue weighted by Gasteiger charge is 2.22. The number of halogens is 2. The molecule has 0 bridgehead atoms. The van der Waals surface area contributed by atoms with Gasteiger partial charge < -0.3 is 5.73 Å². The number of hydrogen-bond donors (Lipinski definition) is 2. The lowest BCUT2D eigenvalue weighted by Gasteiger charge is -2.11. The maximum absolute atomic E-state index is 13.6. The monoisotopic (exact) mass is 318 g/mol. The van der Waals surface area contributed by atoms with Crippen molar-refractivity contribution in [3.63, 3.8) is 0 Å². The minimum Gasteiger partial charge on any atom is -0.399 e. The molecule has 21 heavy (non-hydrogen) atoms. The second kappa shape index (κ2) is 6.70. The third-order valence-electron chi connectivity index (χ3n) is 3.86. The van der Waals surface area contributed by atoms with Crippen LogP contribution in [-0.4, -0.2) is 15.0 Å². The fraction of sp³-hybridized carbons (Fsp3) is 0.571. The van der Waals surface area contributed by atoms with Gasteiger partial charge in [-0.15, -0.1) is 0 Å². The van der Waals surface area contributed by atoms with Gasteiger partial charge in [0, 0.05) is 12.2 Å². The highest BCUT2D eigenvalue weighted by atomic mass is 32.2. The van der Waals surface area contributed by atoms with E-state index in [1.54, 1.807) is 0 Å². The first kappa shape index (κ1) is 16.2. The van der Waals surface area contributed by atoms with E-state index in [1.165, 1.54) is 25.7 Å². The van der Waals surface area contributed by atoms with Gasteiger partial charge in [-0.05, 0) is 30.9 Å². The zero-order valence-corrected chi connectivity index (χ0v) is 12.6. The number of nitrogens with one attached hydrogen (secondary N) is 1. The quantitative estimate of drug-likeness (QED) is 0.626. The molecule has 1 aromatic carbocycles. The molecule has 0 heterocycles. The van der Waals surface area contributed by atoms with Crippen molar-refractivity contribution in [1.29, 1.82) is 0 Å². The summed E-state index contributed by atoms with van der Waals surface area (Å²) in [6.45, 7) is 0.217. The average molecular weight is 318 g/mol. The summed E-state index contributed by atoms with van der Waals surface area (Å²) in [4.78, 5) is -0.735. The Balaban J connectivity index is 1.95. The van der Waals surface area contributed by atoms with Crippen molar-refractivity contribution < 1.29 is 17.2 Å². The Hall–Kier alpha value is -1.21. The second-order valence-electron chi connectivity index (χ2n) is 5.51. The van der Waals surface area contributed by atoms with Gasteiger partial charge in [0.1, 0.15) is 4.90 Å². The molecule has 7 heteroatoms. The normalized spacial score (nSPS) is 16.5. The molecule has 1 aliphatic carbocycles. The Morgan fingerprint density at radius 1 is 1.24 bits per heavy atom. The molecule has 0 amide bonds. The molecule has 0 atom stereocenters. The predicted octanol–water partition coefficient (Wildman–Crippen LogP) is 2.80. The van der Waals surface area contributed by atoms with Gasteiger partial charge in [-0.2, -0.15) is 0 Å². The second-order valence-corrected chi connectivity index (χ2v) is 7.24. The van der Waals surface area contributed by atoms with Crippen molar-refractivity contribution >= 4 is 15.7 Å². The summed E-state index contributed by atoms with van der Waals surface area (Å²) in [5, 5.41) is 0. The van der Waals surface area contributed by atoms with Gasteiger partial charge >= 0.3 is 0 Å². The number of sulfonamides is 1. The van der Waals surface area contributed by atoms with Crippen LogP contribution in [0.1, 0.15) is 38.5 Å². The van der Waals surface area contributed by atoms with E-state index in [-0.39, 0.29) is 12.2 Å². The largest absolute Gasteiger partial charge is 0.399 e. The molecule has 1 aromatic rings. The molecule has 1 saturated carbocycles. The summed E-state index contributed by atoms with van der Waals surface area (Å²) in [7, 11) is -4.08. The van der Waals surface area contributed by atoms with Gasteiger partial charge in [0.25, 0.3) is 0 Å². The average Bonchev–Trinajstić information content (AvgIpc) is 2.92. The SMILES string of the molecule is Nc1cc(F)c(F)c(S(=O)(=O)NCCCC2CCCC2)c1. The molecule has 2 rings (SSSR count). The van der Waals surface area contributed by atoms with Crippen molar-refractivity contribution in [2.45, 2.75) is 43.4 Å². The lowest BCUT2D eigenvalue weighted by molar-refractivity contribution is 0.474. The van der Waals surface area contributed by atoms with Crippen molar-refractivity contribution in [1.82, 2.24) is 4.72 Å². The van der Waals surface area contributed by atoms with Crippen LogP contribution in [0.4, 0.5) is 14.5 Å². The minimum atomic E-state index is -4.08. The highest BCUT2D eigenvalue weighted by Crippen LogP contribution is 2.28. The van der Waals surface area contributed by atoms with Gasteiger partial charge in [-0.1, -0.05) is 25.7 Å². The third-order valence-corrected chi connectivity index (χ3v) is 5.32. The number of anilines is 1. The summed E-state index contributed by atoms with van der Waals surface area (Å²) in [5.41, 5.74) is 5.24. The number of nitrogen functional groups attached to an aromatic ring is 1. The molecule has 0 aromatic heterocycles. The summed E-state index contributed by atoms with van der Waals surface area (Å²) >= 11 is 0. The smallest absolute Gasteiger partial charge is 0.243 e. The first-order valence-corrected chi connectivity index (χ1v) is 8.62. The lowest BCUT2D eigenvalue weighted by Crippen LogP contribution is -2.26. The van der Waals surface area contributed by atoms with Crippen LogP contribution in [0.5, 0.6) is 0 Å². The molecule has 0 aliphatic heterocycles. The summed E-state index contributed by atoms with van der Waals surface area (Å²) in [6, 6.07) is 1.69. The molecule has 3 N–H and O–H groups in total. The summed E-state index contributed by atoms with van der Waals surface area (Å²) < 4.78 is 53.1. The van der Waals surface area contributed by atoms with E-state index < -0.39 is 26.6 Å². The molecule has 1 fully saturated rings. The van der Waals surface area contributed by atoms with E-state index in [0.717, 1.165) is 18.6 Å². The van der Waals surface area contributed by atoms with Crippen molar-refractivity contribution in [2.24, 2.45) is 5.92 Å². The molecule has 0 spiro atoms. The van der Waals surface area contributed by atoms with Gasteiger partial charge in [0.15, 0.2) is 11.6 Å². The van der Waals surface area contributed by atoms with E-state index >= 15 is 0 Å². The Bertz CT molecular complexity index is 599. The molecular weight excluding hydrogens is 298 g/mol. The van der Waals surface area contributed by atoms with E-state index in [1.807, 2.05) is 0 Å². The Labute approximate surface area is 123 Å². The predicted molar refractivity (Wildman–Crippen MR) is 77.2 cm³/mol. The first-order valence-electron chi connectivity index (χ1n) is 7.14. The van der Waals surface area contributed by atoms with Crippen LogP contribution in [0.2, 0.25) is 0 Å². The third kappa shape index (κ3) is 4.14. The van der Waals surface area contributed by atoms with Crippen LogP contribution in [0, 0.1) is 17.6 Å². The Morgan fingerprint density at radius 2 is 1.90 bits per heavy atom. The maximum Gasteiger partial charge on any atom is 0.243 e. The van der Waals surface area contributed by atoms with Crippen LogP contribution in [0.3, 0.4) is 0 Å². The number of benzene rings is 1. The van der Waals surface area contributed by atoms with E-state index in [4.69, 9.17) is 5.73 Å². The maximum atomic E-state index is 13.6. The van der Waals surface area contributed by atoms with Crippen LogP contribution in [-0.2, 0) is 10.0 Å². The van der Waals surface area contributed by atoms with Gasteiger partial charge in [0.05, 0.1) is 0 Å². The van der Waals surface area contributed by atoms with Crippen LogP contribution in [0.25, 0.3) is 0 Å². The fourth-order valence-corrected chi connectivity index (χ4v) is 3.95. The molecule has 0 saturated heterocycles. The van der Waals surface area contributed by atoms with Gasteiger partial charge in [0.2, 0.25) is 10.0 Å². The molecule has 0 unspecified atom stereocenters. The van der Waals surface area contributed by atoms with Crippen molar-refractivity contribution in [2.75, 3.05) is 12.3 Å². The van der Waals surface area contributed by atoms with E-state index in [2.05, 4.69) is 4.72 Å². The molecule has 1 aliphatic rings. The minimum absolute atomic E-state index is 0.125. The number of hydrogen-bond acceptors (Lipinski definition) is 3. The van der Waals surface area contributed by atoms with Crippen LogP contribution >= 0.6 is 0 Å². The number of nitrogens with two attached hydrogens (primary N) is 1.